The zero-order valence-corrected chi connectivity index (χ0v) is 10.1. The van der Waals surface area contributed by atoms with Crippen molar-refractivity contribution in [1.29, 1.82) is 0 Å². The second kappa shape index (κ2) is 5.54. The highest BCUT2D eigenvalue weighted by Crippen LogP contribution is 2.28. The first-order valence-electron chi connectivity index (χ1n) is 4.87. The smallest absolute Gasteiger partial charge is 0.236 e. The van der Waals surface area contributed by atoms with Crippen LogP contribution in [0.15, 0.2) is 12.1 Å². The van der Waals surface area contributed by atoms with Crippen molar-refractivity contribution >= 4 is 34.8 Å². The largest absolute Gasteiger partial charge is 0.397 e. The van der Waals surface area contributed by atoms with E-state index in [-0.39, 0.29) is 29.5 Å². The van der Waals surface area contributed by atoms with E-state index in [0.29, 0.717) is 0 Å². The molecule has 0 aliphatic rings. The molecule has 98 valence electrons. The van der Waals surface area contributed by atoms with Crippen molar-refractivity contribution in [3.63, 3.8) is 0 Å². The van der Waals surface area contributed by atoms with Crippen LogP contribution in [0.25, 0.3) is 0 Å². The van der Waals surface area contributed by atoms with Gasteiger partial charge in [0.15, 0.2) is 0 Å². The molecule has 0 unspecified atom stereocenters. The van der Waals surface area contributed by atoms with Crippen LogP contribution in [0, 0.1) is 5.82 Å². The standard InChI is InChI=1S/C10H12ClFN4O2/c11-5-1-7(13)8(2-6(5)12)16(3-9(14)17)4-10(15)18/h1-2H,3-4,13H2,(H2,14,17)(H2,15,18). The maximum atomic E-state index is 13.3. The predicted molar refractivity (Wildman–Crippen MR) is 66.4 cm³/mol. The number of primary amides is 2. The van der Waals surface area contributed by atoms with Gasteiger partial charge in [-0.2, -0.15) is 0 Å². The number of nitrogen functional groups attached to an aromatic ring is 1. The molecule has 0 saturated carbocycles. The molecule has 2 amide bonds. The molecule has 0 atom stereocenters. The number of hydrogen-bond acceptors (Lipinski definition) is 4. The van der Waals surface area contributed by atoms with Gasteiger partial charge in [0.25, 0.3) is 0 Å². The molecule has 0 radical (unpaired) electrons. The van der Waals surface area contributed by atoms with E-state index in [1.54, 1.807) is 0 Å². The van der Waals surface area contributed by atoms with Gasteiger partial charge in [0.05, 0.1) is 29.5 Å². The van der Waals surface area contributed by atoms with Crippen LogP contribution in [0.4, 0.5) is 15.8 Å². The predicted octanol–water partition coefficient (Wildman–Crippen LogP) is -0.162. The van der Waals surface area contributed by atoms with E-state index < -0.39 is 17.6 Å². The maximum Gasteiger partial charge on any atom is 0.236 e. The second-order valence-corrected chi connectivity index (χ2v) is 4.02. The van der Waals surface area contributed by atoms with E-state index in [2.05, 4.69) is 0 Å². The van der Waals surface area contributed by atoms with Gasteiger partial charge in [-0.15, -0.1) is 0 Å². The molecule has 0 spiro atoms. The summed E-state index contributed by atoms with van der Waals surface area (Å²) in [6.45, 7) is -0.623. The van der Waals surface area contributed by atoms with Gasteiger partial charge < -0.3 is 22.1 Å². The number of amides is 2. The fourth-order valence-corrected chi connectivity index (χ4v) is 1.60. The van der Waals surface area contributed by atoms with Gasteiger partial charge in [-0.25, -0.2) is 4.39 Å². The summed E-state index contributed by atoms with van der Waals surface area (Å²) in [7, 11) is 0. The molecule has 8 heteroatoms. The minimum Gasteiger partial charge on any atom is -0.397 e. The van der Waals surface area contributed by atoms with E-state index in [9.17, 15) is 14.0 Å². The van der Waals surface area contributed by atoms with Crippen LogP contribution in [-0.4, -0.2) is 24.9 Å². The van der Waals surface area contributed by atoms with Crippen molar-refractivity contribution in [2.75, 3.05) is 23.7 Å². The Morgan fingerprint density at radius 2 is 1.72 bits per heavy atom. The van der Waals surface area contributed by atoms with E-state index >= 15 is 0 Å². The third kappa shape index (κ3) is 3.49. The van der Waals surface area contributed by atoms with Crippen LogP contribution in [0.2, 0.25) is 5.02 Å². The number of benzene rings is 1. The van der Waals surface area contributed by atoms with Crippen molar-refractivity contribution in [3.05, 3.63) is 23.0 Å². The molecule has 0 heterocycles. The molecule has 6 nitrogen and oxygen atoms in total. The monoisotopic (exact) mass is 274 g/mol. The minimum atomic E-state index is -0.722. The number of nitrogens with two attached hydrogens (primary N) is 3. The Bertz CT molecular complexity index is 479. The molecule has 0 aliphatic carbocycles. The number of rotatable bonds is 5. The van der Waals surface area contributed by atoms with Crippen LogP contribution in [0.3, 0.4) is 0 Å². The van der Waals surface area contributed by atoms with E-state index in [1.807, 2.05) is 0 Å². The van der Waals surface area contributed by atoms with Gasteiger partial charge in [0.2, 0.25) is 11.8 Å². The first kappa shape index (κ1) is 14.0. The molecular weight excluding hydrogens is 263 g/mol. The summed E-state index contributed by atoms with van der Waals surface area (Å²) >= 11 is 5.55. The van der Waals surface area contributed by atoms with Crippen LogP contribution in [0.1, 0.15) is 0 Å². The lowest BCUT2D eigenvalue weighted by molar-refractivity contribution is -0.117. The lowest BCUT2D eigenvalue weighted by Gasteiger charge is -2.23. The van der Waals surface area contributed by atoms with Crippen LogP contribution in [0.5, 0.6) is 0 Å². The third-order valence-corrected chi connectivity index (χ3v) is 2.39. The number of nitrogens with zero attached hydrogens (tertiary/aromatic N) is 1. The zero-order chi connectivity index (χ0) is 13.9. The van der Waals surface area contributed by atoms with Crippen LogP contribution < -0.4 is 22.1 Å². The Labute approximate surface area is 107 Å². The van der Waals surface area contributed by atoms with E-state index in [4.69, 9.17) is 28.8 Å². The van der Waals surface area contributed by atoms with Gasteiger partial charge in [0, 0.05) is 6.07 Å². The Kier molecular flexibility index (Phi) is 4.33. The topological polar surface area (TPSA) is 115 Å². The summed E-state index contributed by atoms with van der Waals surface area (Å²) in [5.41, 5.74) is 16.0. The highest BCUT2D eigenvalue weighted by atomic mass is 35.5. The quantitative estimate of drug-likeness (QED) is 0.647. The molecule has 0 aromatic heterocycles. The number of carbonyl (C=O) groups excluding carboxylic acids is 2. The molecule has 1 aromatic carbocycles. The summed E-state index contributed by atoms with van der Waals surface area (Å²) in [6, 6.07) is 2.20. The van der Waals surface area contributed by atoms with Gasteiger partial charge >= 0.3 is 0 Å². The maximum absolute atomic E-state index is 13.3. The summed E-state index contributed by atoms with van der Waals surface area (Å²) in [6.07, 6.45) is 0. The third-order valence-electron chi connectivity index (χ3n) is 2.10. The lowest BCUT2D eigenvalue weighted by Crippen LogP contribution is -2.40. The Morgan fingerprint density at radius 3 is 2.17 bits per heavy atom. The first-order valence-corrected chi connectivity index (χ1v) is 5.25. The number of halogens is 2. The Morgan fingerprint density at radius 1 is 1.22 bits per heavy atom. The van der Waals surface area contributed by atoms with Gasteiger partial charge in [-0.05, 0) is 6.07 Å². The summed E-state index contributed by atoms with van der Waals surface area (Å²) in [5, 5.41) is -0.158. The number of carbonyl (C=O) groups is 2. The van der Waals surface area contributed by atoms with Crippen molar-refractivity contribution in [3.8, 4) is 0 Å². The minimum absolute atomic E-state index is 0.115. The fourth-order valence-electron chi connectivity index (χ4n) is 1.43. The van der Waals surface area contributed by atoms with Crippen LogP contribution >= 0.6 is 11.6 Å². The number of hydrogen-bond donors (Lipinski definition) is 3. The Balaban J connectivity index is 3.15. The zero-order valence-electron chi connectivity index (χ0n) is 9.32. The highest BCUT2D eigenvalue weighted by molar-refractivity contribution is 6.31. The van der Waals surface area contributed by atoms with Gasteiger partial charge in [-0.3, -0.25) is 9.59 Å². The van der Waals surface area contributed by atoms with Gasteiger partial charge in [0.1, 0.15) is 5.82 Å². The van der Waals surface area contributed by atoms with Crippen molar-refractivity contribution in [2.24, 2.45) is 11.5 Å². The second-order valence-electron chi connectivity index (χ2n) is 3.61. The molecule has 18 heavy (non-hydrogen) atoms. The van der Waals surface area contributed by atoms with E-state index in [1.165, 1.54) is 11.0 Å². The molecule has 6 N–H and O–H groups in total. The molecule has 0 aliphatic heterocycles. The van der Waals surface area contributed by atoms with Crippen molar-refractivity contribution in [2.45, 2.75) is 0 Å². The van der Waals surface area contributed by atoms with Crippen LogP contribution in [-0.2, 0) is 9.59 Å². The van der Waals surface area contributed by atoms with Crippen molar-refractivity contribution in [1.82, 2.24) is 0 Å². The van der Waals surface area contributed by atoms with Gasteiger partial charge in [-0.1, -0.05) is 11.6 Å². The SMILES string of the molecule is NC(=O)CN(CC(N)=O)c1cc(F)c(Cl)cc1N. The van der Waals surface area contributed by atoms with Crippen molar-refractivity contribution < 1.29 is 14.0 Å². The van der Waals surface area contributed by atoms with E-state index in [0.717, 1.165) is 6.07 Å². The summed E-state index contributed by atoms with van der Waals surface area (Å²) in [4.78, 5) is 23.0. The summed E-state index contributed by atoms with van der Waals surface area (Å²) in [5.74, 6) is -2.13. The number of anilines is 2. The molecule has 1 rings (SSSR count). The summed E-state index contributed by atoms with van der Waals surface area (Å²) < 4.78 is 13.3. The molecule has 1 aromatic rings. The first-order chi connectivity index (χ1) is 8.31. The highest BCUT2D eigenvalue weighted by Gasteiger charge is 2.17. The fraction of sp³-hybridized carbons (Fsp3) is 0.200. The molecular formula is C10H12ClFN4O2. The lowest BCUT2D eigenvalue weighted by atomic mass is 10.2. The molecule has 0 saturated heterocycles. The molecule has 0 fully saturated rings. The normalized spacial score (nSPS) is 10.1. The molecule has 0 bridgehead atoms. The Hall–Kier alpha value is -2.02. The average Bonchev–Trinajstić information content (AvgIpc) is 2.21. The average molecular weight is 275 g/mol.